The summed E-state index contributed by atoms with van der Waals surface area (Å²) in [6, 6.07) is 10.5. The van der Waals surface area contributed by atoms with Crippen LogP contribution >= 0.6 is 0 Å². The fraction of sp³-hybridized carbons (Fsp3) is 0.321. The Balaban J connectivity index is 1.30. The first kappa shape index (κ1) is 26.3. The van der Waals surface area contributed by atoms with Crippen molar-refractivity contribution in [1.29, 1.82) is 0 Å². The molecule has 0 radical (unpaired) electrons. The third-order valence-corrected chi connectivity index (χ3v) is 6.18. The smallest absolute Gasteiger partial charge is 0.417 e. The minimum absolute atomic E-state index is 0.0915. The highest BCUT2D eigenvalue weighted by molar-refractivity contribution is 5.85. The van der Waals surface area contributed by atoms with Gasteiger partial charge in [-0.1, -0.05) is 0 Å². The Labute approximate surface area is 221 Å². The highest BCUT2D eigenvalue weighted by Crippen LogP contribution is 2.32. The van der Waals surface area contributed by atoms with Crippen molar-refractivity contribution in [3.63, 3.8) is 0 Å². The van der Waals surface area contributed by atoms with Crippen molar-refractivity contribution in [3.05, 3.63) is 87.8 Å². The van der Waals surface area contributed by atoms with E-state index < -0.39 is 17.3 Å². The minimum atomic E-state index is -4.46. The van der Waals surface area contributed by atoms with Gasteiger partial charge in [-0.3, -0.25) is 14.3 Å². The first-order valence-corrected chi connectivity index (χ1v) is 12.3. The molecule has 0 aliphatic carbocycles. The molecule has 1 amide bonds. The van der Waals surface area contributed by atoms with Crippen LogP contribution in [0, 0.1) is 0 Å². The van der Waals surface area contributed by atoms with Gasteiger partial charge in [0.15, 0.2) is 0 Å². The third-order valence-electron chi connectivity index (χ3n) is 6.18. The number of hydrogen-bond donors (Lipinski definition) is 0. The standard InChI is InChI=1S/C28H26F3N3O5/c1-27(2,3)39-26(36)33-10-9-23-22(15-33)21-7-6-19(12-24(21)38-23)34-11-8-20(13-25(34)35)37-16-18-5-4-17(14-32-18)28(29,30)31/h4-8,11-14H,9-10,15-16H2,1-3H3. The van der Waals surface area contributed by atoms with Gasteiger partial charge in [-0.15, -0.1) is 0 Å². The minimum Gasteiger partial charge on any atom is -0.487 e. The molecule has 5 rings (SSSR count). The zero-order chi connectivity index (χ0) is 27.9. The molecule has 0 saturated heterocycles. The molecule has 1 aliphatic rings. The summed E-state index contributed by atoms with van der Waals surface area (Å²) >= 11 is 0. The number of carbonyl (C=O) groups excluding carboxylic acids is 1. The first-order chi connectivity index (χ1) is 18.4. The predicted octanol–water partition coefficient (Wildman–Crippen LogP) is 5.87. The van der Waals surface area contributed by atoms with Crippen molar-refractivity contribution in [3.8, 4) is 11.4 Å². The number of aromatic nitrogens is 2. The summed E-state index contributed by atoms with van der Waals surface area (Å²) in [6.45, 7) is 6.24. The number of hydrogen-bond acceptors (Lipinski definition) is 6. The van der Waals surface area contributed by atoms with Crippen LogP contribution in [-0.4, -0.2) is 32.7 Å². The second kappa shape index (κ2) is 9.79. The first-order valence-electron chi connectivity index (χ1n) is 12.3. The van der Waals surface area contributed by atoms with Crippen molar-refractivity contribution in [1.82, 2.24) is 14.5 Å². The molecule has 4 aromatic rings. The van der Waals surface area contributed by atoms with Crippen LogP contribution < -0.4 is 10.3 Å². The van der Waals surface area contributed by atoms with E-state index in [2.05, 4.69) is 4.98 Å². The van der Waals surface area contributed by atoms with Gasteiger partial charge in [-0.05, 0) is 51.1 Å². The SMILES string of the molecule is CC(C)(C)OC(=O)N1CCc2oc3cc(-n4ccc(OCc5ccc(C(F)(F)F)cn5)cc4=O)ccc3c2C1. The second-order valence-electron chi connectivity index (χ2n) is 10.2. The van der Waals surface area contributed by atoms with Crippen molar-refractivity contribution >= 4 is 17.1 Å². The van der Waals surface area contributed by atoms with Crippen LogP contribution in [0.1, 0.15) is 43.4 Å². The predicted molar refractivity (Wildman–Crippen MR) is 136 cm³/mol. The molecule has 11 heteroatoms. The Morgan fingerprint density at radius 3 is 2.56 bits per heavy atom. The zero-order valence-electron chi connectivity index (χ0n) is 21.5. The Bertz CT molecular complexity index is 1580. The molecule has 0 saturated carbocycles. The number of amides is 1. The van der Waals surface area contributed by atoms with Crippen molar-refractivity contribution in [2.24, 2.45) is 0 Å². The van der Waals surface area contributed by atoms with Gasteiger partial charge < -0.3 is 18.8 Å². The molecule has 8 nitrogen and oxygen atoms in total. The van der Waals surface area contributed by atoms with E-state index in [-0.39, 0.29) is 24.0 Å². The molecule has 0 bridgehead atoms. The van der Waals surface area contributed by atoms with Crippen LogP contribution in [0.15, 0.2) is 64.1 Å². The van der Waals surface area contributed by atoms with E-state index in [1.165, 1.54) is 16.7 Å². The molecule has 0 unspecified atom stereocenters. The number of ether oxygens (including phenoxy) is 2. The van der Waals surface area contributed by atoms with Gasteiger partial charge in [0.25, 0.3) is 5.56 Å². The summed E-state index contributed by atoms with van der Waals surface area (Å²) in [5, 5.41) is 0.860. The van der Waals surface area contributed by atoms with Gasteiger partial charge in [0.2, 0.25) is 0 Å². The zero-order valence-corrected chi connectivity index (χ0v) is 21.5. The van der Waals surface area contributed by atoms with E-state index in [9.17, 15) is 22.8 Å². The molecule has 0 atom stereocenters. The van der Waals surface area contributed by atoms with Crippen molar-refractivity contribution in [2.45, 2.75) is 52.1 Å². The van der Waals surface area contributed by atoms with Crippen LogP contribution in [0.4, 0.5) is 18.0 Å². The van der Waals surface area contributed by atoms with Gasteiger partial charge in [0, 0.05) is 48.4 Å². The van der Waals surface area contributed by atoms with Gasteiger partial charge in [-0.2, -0.15) is 13.2 Å². The topological polar surface area (TPSA) is 86.8 Å². The van der Waals surface area contributed by atoms with E-state index in [4.69, 9.17) is 13.9 Å². The molecule has 1 aliphatic heterocycles. The quantitative estimate of drug-likeness (QED) is 0.321. The normalized spacial score (nSPS) is 13.8. The molecule has 1 aromatic carbocycles. The maximum atomic E-state index is 12.8. The molecule has 0 fully saturated rings. The van der Waals surface area contributed by atoms with Crippen LogP contribution in [-0.2, 0) is 30.5 Å². The third kappa shape index (κ3) is 5.76. The van der Waals surface area contributed by atoms with E-state index in [1.807, 2.05) is 26.8 Å². The number of pyridine rings is 2. The molecule has 0 N–H and O–H groups in total. The molecule has 4 heterocycles. The Kier molecular flexibility index (Phi) is 6.61. The molecule has 3 aromatic heterocycles. The van der Waals surface area contributed by atoms with E-state index >= 15 is 0 Å². The average Bonchev–Trinajstić information content (AvgIpc) is 3.23. The monoisotopic (exact) mass is 541 g/mol. The van der Waals surface area contributed by atoms with Crippen LogP contribution in [0.3, 0.4) is 0 Å². The van der Waals surface area contributed by atoms with E-state index in [0.717, 1.165) is 29.0 Å². The summed E-state index contributed by atoms with van der Waals surface area (Å²) < 4.78 is 56.7. The Morgan fingerprint density at radius 1 is 1.10 bits per heavy atom. The summed E-state index contributed by atoms with van der Waals surface area (Å²) in [6.07, 6.45) is -1.99. The fourth-order valence-electron chi connectivity index (χ4n) is 4.30. The summed E-state index contributed by atoms with van der Waals surface area (Å²) in [5.74, 6) is 1.06. The van der Waals surface area contributed by atoms with Gasteiger partial charge in [0.05, 0.1) is 23.5 Å². The fourth-order valence-corrected chi connectivity index (χ4v) is 4.30. The second-order valence-corrected chi connectivity index (χ2v) is 10.2. The highest BCUT2D eigenvalue weighted by atomic mass is 19.4. The van der Waals surface area contributed by atoms with E-state index in [1.54, 1.807) is 29.3 Å². The largest absolute Gasteiger partial charge is 0.487 e. The Morgan fingerprint density at radius 2 is 1.90 bits per heavy atom. The number of carbonyl (C=O) groups is 1. The lowest BCUT2D eigenvalue weighted by Gasteiger charge is -2.29. The summed E-state index contributed by atoms with van der Waals surface area (Å²) in [4.78, 5) is 30.8. The molecular weight excluding hydrogens is 515 g/mol. The van der Waals surface area contributed by atoms with Gasteiger partial charge in [0.1, 0.15) is 29.3 Å². The van der Waals surface area contributed by atoms with Crippen LogP contribution in [0.25, 0.3) is 16.7 Å². The molecule has 39 heavy (non-hydrogen) atoms. The van der Waals surface area contributed by atoms with Crippen molar-refractivity contribution < 1.29 is 31.9 Å². The lowest BCUT2D eigenvalue weighted by molar-refractivity contribution is -0.137. The van der Waals surface area contributed by atoms with Crippen molar-refractivity contribution in [2.75, 3.05) is 6.54 Å². The Hall–Kier alpha value is -4.28. The number of nitrogens with zero attached hydrogens (tertiary/aromatic N) is 3. The van der Waals surface area contributed by atoms with Crippen LogP contribution in [0.5, 0.6) is 5.75 Å². The van der Waals surface area contributed by atoms with Gasteiger partial charge in [-0.25, -0.2) is 4.79 Å². The summed E-state index contributed by atoms with van der Waals surface area (Å²) in [7, 11) is 0. The van der Waals surface area contributed by atoms with Gasteiger partial charge >= 0.3 is 12.3 Å². The summed E-state index contributed by atoms with van der Waals surface area (Å²) in [5.41, 5.74) is 0.606. The lowest BCUT2D eigenvalue weighted by Crippen LogP contribution is -2.39. The maximum Gasteiger partial charge on any atom is 0.417 e. The number of alkyl halides is 3. The number of furan rings is 1. The molecule has 204 valence electrons. The van der Waals surface area contributed by atoms with E-state index in [0.29, 0.717) is 36.5 Å². The molecule has 0 spiro atoms. The molecular formula is C28H26F3N3O5. The number of benzene rings is 1. The highest BCUT2D eigenvalue weighted by Gasteiger charge is 2.31. The number of fused-ring (bicyclic) bond motifs is 3. The average molecular weight is 542 g/mol. The van der Waals surface area contributed by atoms with Crippen LogP contribution in [0.2, 0.25) is 0 Å². The number of halogens is 3. The maximum absolute atomic E-state index is 12.8. The lowest BCUT2D eigenvalue weighted by atomic mass is 10.0. The number of rotatable bonds is 4.